The van der Waals surface area contributed by atoms with E-state index in [1.165, 1.54) is 13.4 Å². The van der Waals surface area contributed by atoms with Crippen LogP contribution in [0.1, 0.15) is 12.0 Å². The fourth-order valence-corrected chi connectivity index (χ4v) is 2.81. The largest absolute Gasteiger partial charge is 0.504 e. The first kappa shape index (κ1) is 17.3. The van der Waals surface area contributed by atoms with Gasteiger partial charge in [-0.2, -0.15) is 0 Å². The summed E-state index contributed by atoms with van der Waals surface area (Å²) >= 11 is 6.15. The summed E-state index contributed by atoms with van der Waals surface area (Å²) in [7, 11) is 1.50. The molecule has 25 heavy (non-hydrogen) atoms. The fourth-order valence-electron chi connectivity index (χ4n) is 2.64. The van der Waals surface area contributed by atoms with Crippen molar-refractivity contribution in [3.63, 3.8) is 0 Å². The number of nitrogens with one attached hydrogen (secondary N) is 1. The summed E-state index contributed by atoms with van der Waals surface area (Å²) in [6, 6.07) is 8.94. The second-order valence-corrected chi connectivity index (χ2v) is 6.02. The molecule has 3 rings (SSSR count). The maximum Gasteiger partial charge on any atom is 0.162 e. The van der Waals surface area contributed by atoms with Gasteiger partial charge in [0.25, 0.3) is 0 Å². The van der Waals surface area contributed by atoms with Gasteiger partial charge in [-0.25, -0.2) is 9.97 Å². The van der Waals surface area contributed by atoms with Crippen molar-refractivity contribution < 1.29 is 9.84 Å². The van der Waals surface area contributed by atoms with E-state index < -0.39 is 0 Å². The Hall–Kier alpha value is -2.57. The Balaban J connectivity index is 2.03. The standard InChI is InChI=1S/C18H19ClN4O2/c1-25-17-9-15-13(8-16(17)24)18(22-10-21-15)23-14-7-12(19)5-4-11(14)3-2-6-20/h4-5,7-10,24H,2-3,6,20H2,1H3,(H,21,22,23). The van der Waals surface area contributed by atoms with Gasteiger partial charge in [0.15, 0.2) is 11.5 Å². The van der Waals surface area contributed by atoms with E-state index in [-0.39, 0.29) is 5.75 Å². The van der Waals surface area contributed by atoms with Gasteiger partial charge in [-0.1, -0.05) is 17.7 Å². The zero-order chi connectivity index (χ0) is 17.8. The Morgan fingerprint density at radius 3 is 2.84 bits per heavy atom. The molecule has 7 heteroatoms. The normalized spacial score (nSPS) is 10.8. The maximum atomic E-state index is 10.1. The number of phenolic OH excluding ortho intramolecular Hbond substituents is 1. The molecule has 0 atom stereocenters. The number of nitrogens with zero attached hydrogens (tertiary/aromatic N) is 2. The second kappa shape index (κ2) is 7.55. The quantitative estimate of drug-likeness (QED) is 0.623. The van der Waals surface area contributed by atoms with Crippen molar-refractivity contribution in [1.29, 1.82) is 0 Å². The van der Waals surface area contributed by atoms with Crippen molar-refractivity contribution in [1.82, 2.24) is 9.97 Å². The molecule has 1 aromatic heterocycles. The third-order valence-corrected chi connectivity index (χ3v) is 4.15. The highest BCUT2D eigenvalue weighted by atomic mass is 35.5. The van der Waals surface area contributed by atoms with Gasteiger partial charge in [-0.15, -0.1) is 0 Å². The van der Waals surface area contributed by atoms with Gasteiger partial charge in [0.1, 0.15) is 12.1 Å². The highest BCUT2D eigenvalue weighted by Gasteiger charge is 2.11. The van der Waals surface area contributed by atoms with E-state index >= 15 is 0 Å². The lowest BCUT2D eigenvalue weighted by atomic mass is 10.1. The second-order valence-electron chi connectivity index (χ2n) is 5.58. The highest BCUT2D eigenvalue weighted by molar-refractivity contribution is 6.30. The minimum Gasteiger partial charge on any atom is -0.504 e. The lowest BCUT2D eigenvalue weighted by Gasteiger charge is -2.14. The zero-order valence-electron chi connectivity index (χ0n) is 13.8. The highest BCUT2D eigenvalue weighted by Crippen LogP contribution is 2.34. The van der Waals surface area contributed by atoms with Crippen LogP contribution in [0.15, 0.2) is 36.7 Å². The maximum absolute atomic E-state index is 10.1. The third-order valence-electron chi connectivity index (χ3n) is 3.91. The number of benzene rings is 2. The van der Waals surface area contributed by atoms with E-state index in [9.17, 15) is 5.11 Å². The Labute approximate surface area is 150 Å². The SMILES string of the molecule is COc1cc2ncnc(Nc3cc(Cl)ccc3CCCN)c2cc1O. The number of phenols is 1. The van der Waals surface area contributed by atoms with Crippen molar-refractivity contribution in [2.45, 2.75) is 12.8 Å². The number of ether oxygens (including phenoxy) is 1. The molecular weight excluding hydrogens is 340 g/mol. The average molecular weight is 359 g/mol. The smallest absolute Gasteiger partial charge is 0.162 e. The monoisotopic (exact) mass is 358 g/mol. The molecule has 0 saturated heterocycles. The molecule has 2 aromatic carbocycles. The topological polar surface area (TPSA) is 93.3 Å². The Bertz CT molecular complexity index is 902. The Kier molecular flexibility index (Phi) is 5.21. The van der Waals surface area contributed by atoms with Gasteiger partial charge in [-0.05, 0) is 43.1 Å². The van der Waals surface area contributed by atoms with Crippen molar-refractivity contribution in [3.05, 3.63) is 47.2 Å². The van der Waals surface area contributed by atoms with Gasteiger partial charge in [-0.3, -0.25) is 0 Å². The minimum atomic E-state index is 0.0299. The van der Waals surface area contributed by atoms with Crippen LogP contribution in [-0.2, 0) is 6.42 Å². The van der Waals surface area contributed by atoms with Crippen LogP contribution in [0.2, 0.25) is 5.02 Å². The lowest BCUT2D eigenvalue weighted by Crippen LogP contribution is -2.03. The molecule has 0 spiro atoms. The molecule has 6 nitrogen and oxygen atoms in total. The number of aromatic nitrogens is 2. The lowest BCUT2D eigenvalue weighted by molar-refractivity contribution is 0.374. The van der Waals surface area contributed by atoms with Gasteiger partial charge >= 0.3 is 0 Å². The number of fused-ring (bicyclic) bond motifs is 1. The molecule has 0 aliphatic rings. The van der Waals surface area contributed by atoms with Gasteiger partial charge in [0.05, 0.1) is 12.6 Å². The number of aryl methyl sites for hydroxylation is 1. The number of hydrogen-bond acceptors (Lipinski definition) is 6. The number of halogens is 1. The zero-order valence-corrected chi connectivity index (χ0v) is 14.5. The van der Waals surface area contributed by atoms with Crippen LogP contribution in [0.3, 0.4) is 0 Å². The van der Waals surface area contributed by atoms with Gasteiger partial charge < -0.3 is 20.9 Å². The molecule has 0 fully saturated rings. The first-order valence-electron chi connectivity index (χ1n) is 7.89. The molecule has 0 aliphatic carbocycles. The Morgan fingerprint density at radius 2 is 2.08 bits per heavy atom. The van der Waals surface area contributed by atoms with Crippen LogP contribution in [0.5, 0.6) is 11.5 Å². The van der Waals surface area contributed by atoms with Crippen LogP contribution < -0.4 is 15.8 Å². The van der Waals surface area contributed by atoms with E-state index in [2.05, 4.69) is 15.3 Å². The minimum absolute atomic E-state index is 0.0299. The van der Waals surface area contributed by atoms with Crippen LogP contribution in [0.25, 0.3) is 10.9 Å². The number of anilines is 2. The predicted octanol–water partition coefficient (Wildman–Crippen LogP) is 3.63. The summed E-state index contributed by atoms with van der Waals surface area (Å²) in [6.07, 6.45) is 3.17. The summed E-state index contributed by atoms with van der Waals surface area (Å²) in [5.74, 6) is 0.977. The van der Waals surface area contributed by atoms with Gasteiger partial charge in [0.2, 0.25) is 0 Å². The van der Waals surface area contributed by atoms with E-state index in [4.69, 9.17) is 22.1 Å². The molecule has 0 unspecified atom stereocenters. The first-order valence-corrected chi connectivity index (χ1v) is 8.27. The summed E-state index contributed by atoms with van der Waals surface area (Å²) in [4.78, 5) is 8.55. The van der Waals surface area contributed by atoms with E-state index in [1.807, 2.05) is 18.2 Å². The molecule has 0 amide bonds. The number of methoxy groups -OCH3 is 1. The van der Waals surface area contributed by atoms with Crippen molar-refractivity contribution in [2.75, 3.05) is 19.0 Å². The van der Waals surface area contributed by atoms with E-state index in [0.29, 0.717) is 34.0 Å². The number of rotatable bonds is 6. The number of nitrogens with two attached hydrogens (primary N) is 1. The number of aromatic hydroxyl groups is 1. The third kappa shape index (κ3) is 3.75. The first-order chi connectivity index (χ1) is 12.1. The predicted molar refractivity (Wildman–Crippen MR) is 99.9 cm³/mol. The Morgan fingerprint density at radius 1 is 1.24 bits per heavy atom. The molecule has 3 aromatic rings. The molecule has 1 heterocycles. The van der Waals surface area contributed by atoms with Crippen molar-refractivity contribution >= 4 is 34.0 Å². The van der Waals surface area contributed by atoms with E-state index in [1.54, 1.807) is 12.1 Å². The summed E-state index contributed by atoms with van der Waals surface area (Å²) < 4.78 is 5.13. The van der Waals surface area contributed by atoms with Crippen LogP contribution in [0, 0.1) is 0 Å². The fraction of sp³-hybridized carbons (Fsp3) is 0.222. The van der Waals surface area contributed by atoms with Crippen LogP contribution >= 0.6 is 11.6 Å². The summed E-state index contributed by atoms with van der Waals surface area (Å²) in [6.45, 7) is 0.617. The van der Waals surface area contributed by atoms with E-state index in [0.717, 1.165) is 24.1 Å². The molecule has 130 valence electrons. The number of hydrogen-bond donors (Lipinski definition) is 3. The molecule has 0 saturated carbocycles. The van der Waals surface area contributed by atoms with Crippen LogP contribution in [0.4, 0.5) is 11.5 Å². The van der Waals surface area contributed by atoms with Crippen molar-refractivity contribution in [3.8, 4) is 11.5 Å². The molecule has 0 aliphatic heterocycles. The van der Waals surface area contributed by atoms with Gasteiger partial charge in [0, 0.05) is 22.2 Å². The average Bonchev–Trinajstić information content (AvgIpc) is 2.61. The van der Waals surface area contributed by atoms with Crippen LogP contribution in [-0.4, -0.2) is 28.7 Å². The molecule has 0 radical (unpaired) electrons. The molecular formula is C18H19ClN4O2. The summed E-state index contributed by atoms with van der Waals surface area (Å²) in [5, 5.41) is 14.7. The molecule has 4 N–H and O–H groups in total. The van der Waals surface area contributed by atoms with Crippen molar-refractivity contribution in [2.24, 2.45) is 5.73 Å². The summed E-state index contributed by atoms with van der Waals surface area (Å²) in [5.41, 5.74) is 8.24. The molecule has 0 bridgehead atoms.